The summed E-state index contributed by atoms with van der Waals surface area (Å²) in [6.45, 7) is 3.39. The molecule has 3 rings (SSSR count). The Kier molecular flexibility index (Phi) is 5.36. The van der Waals surface area contributed by atoms with E-state index in [2.05, 4.69) is 4.90 Å². The summed E-state index contributed by atoms with van der Waals surface area (Å²) in [4.78, 5) is 28.6. The number of hydrogen-bond acceptors (Lipinski definition) is 3. The van der Waals surface area contributed by atoms with Crippen LogP contribution in [-0.4, -0.2) is 59.0 Å². The van der Waals surface area contributed by atoms with Crippen LogP contribution in [0.4, 0.5) is 0 Å². The van der Waals surface area contributed by atoms with Crippen molar-refractivity contribution in [1.29, 1.82) is 0 Å². The summed E-state index contributed by atoms with van der Waals surface area (Å²) in [7, 11) is 0. The van der Waals surface area contributed by atoms with Crippen molar-refractivity contribution in [2.24, 2.45) is 11.8 Å². The number of carbonyl (C=O) groups excluding carboxylic acids is 1. The molecule has 1 heterocycles. The molecular formula is C18H28N2O3. The summed E-state index contributed by atoms with van der Waals surface area (Å²) >= 11 is 0. The highest BCUT2D eigenvalue weighted by atomic mass is 16.4. The molecule has 3 aliphatic rings. The van der Waals surface area contributed by atoms with Crippen LogP contribution in [0.2, 0.25) is 0 Å². The maximum absolute atomic E-state index is 12.8. The van der Waals surface area contributed by atoms with E-state index in [4.69, 9.17) is 0 Å². The fraction of sp³-hybridized carbons (Fsp3) is 0.778. The highest BCUT2D eigenvalue weighted by Crippen LogP contribution is 2.29. The monoisotopic (exact) mass is 320 g/mol. The van der Waals surface area contributed by atoms with E-state index in [0.29, 0.717) is 18.9 Å². The Morgan fingerprint density at radius 2 is 1.48 bits per heavy atom. The molecule has 5 nitrogen and oxygen atoms in total. The standard InChI is InChI=1S/C18H28N2O3/c21-17(15-8-4-5-9-16(15)18(22)23)20-12-10-19(11-13-20)14-6-2-1-3-7-14/h4-5,14-16H,1-3,6-13H2,(H,22,23). The Hall–Kier alpha value is -1.36. The zero-order valence-corrected chi connectivity index (χ0v) is 13.8. The normalized spacial score (nSPS) is 30.3. The van der Waals surface area contributed by atoms with Crippen LogP contribution in [0.3, 0.4) is 0 Å². The summed E-state index contributed by atoms with van der Waals surface area (Å²) in [5.41, 5.74) is 0. The molecule has 5 heteroatoms. The van der Waals surface area contributed by atoms with E-state index in [9.17, 15) is 14.7 Å². The lowest BCUT2D eigenvalue weighted by Crippen LogP contribution is -2.54. The van der Waals surface area contributed by atoms with Crippen molar-refractivity contribution in [3.63, 3.8) is 0 Å². The SMILES string of the molecule is O=C(O)C1CC=CCC1C(=O)N1CCN(C2CCCCC2)CC1. The van der Waals surface area contributed by atoms with E-state index >= 15 is 0 Å². The molecule has 23 heavy (non-hydrogen) atoms. The third kappa shape index (κ3) is 3.77. The first-order valence-electron chi connectivity index (χ1n) is 9.07. The van der Waals surface area contributed by atoms with Crippen LogP contribution in [0.15, 0.2) is 12.2 Å². The molecule has 128 valence electrons. The second-order valence-corrected chi connectivity index (χ2v) is 7.15. The van der Waals surface area contributed by atoms with Crippen molar-refractivity contribution < 1.29 is 14.7 Å². The van der Waals surface area contributed by atoms with Gasteiger partial charge < -0.3 is 10.0 Å². The molecule has 0 aromatic rings. The molecule has 0 aromatic carbocycles. The minimum absolute atomic E-state index is 0.0463. The van der Waals surface area contributed by atoms with Crippen LogP contribution in [0.1, 0.15) is 44.9 Å². The summed E-state index contributed by atoms with van der Waals surface area (Å²) < 4.78 is 0. The molecule has 1 amide bonds. The van der Waals surface area contributed by atoms with Crippen molar-refractivity contribution in [3.8, 4) is 0 Å². The van der Waals surface area contributed by atoms with Gasteiger partial charge >= 0.3 is 5.97 Å². The number of carbonyl (C=O) groups is 2. The van der Waals surface area contributed by atoms with Gasteiger partial charge in [0, 0.05) is 32.2 Å². The summed E-state index contributed by atoms with van der Waals surface area (Å²) in [5, 5.41) is 9.36. The van der Waals surface area contributed by atoms with Crippen LogP contribution >= 0.6 is 0 Å². The van der Waals surface area contributed by atoms with Crippen molar-refractivity contribution in [2.75, 3.05) is 26.2 Å². The van der Waals surface area contributed by atoms with Gasteiger partial charge in [0.15, 0.2) is 0 Å². The summed E-state index contributed by atoms with van der Waals surface area (Å²) in [5.74, 6) is -1.72. The van der Waals surface area contributed by atoms with E-state index in [1.807, 2.05) is 17.1 Å². The van der Waals surface area contributed by atoms with Gasteiger partial charge in [0.05, 0.1) is 11.8 Å². The molecule has 2 atom stereocenters. The number of carboxylic acids is 1. The van der Waals surface area contributed by atoms with E-state index < -0.39 is 11.9 Å². The first-order valence-corrected chi connectivity index (χ1v) is 9.07. The Labute approximate surface area is 138 Å². The second kappa shape index (κ2) is 7.47. The Morgan fingerprint density at radius 3 is 2.09 bits per heavy atom. The van der Waals surface area contributed by atoms with Gasteiger partial charge in [-0.05, 0) is 25.7 Å². The molecule has 2 aliphatic carbocycles. The smallest absolute Gasteiger partial charge is 0.307 e. The van der Waals surface area contributed by atoms with Gasteiger partial charge in [-0.1, -0.05) is 31.4 Å². The number of nitrogens with zero attached hydrogens (tertiary/aromatic N) is 2. The first kappa shape index (κ1) is 16.5. The maximum Gasteiger partial charge on any atom is 0.307 e. The van der Waals surface area contributed by atoms with Crippen LogP contribution < -0.4 is 0 Å². The fourth-order valence-corrected chi connectivity index (χ4v) is 4.35. The molecular weight excluding hydrogens is 292 g/mol. The van der Waals surface area contributed by atoms with Crippen LogP contribution in [0, 0.1) is 11.8 Å². The Bertz CT molecular complexity index is 463. The van der Waals surface area contributed by atoms with E-state index in [0.717, 1.165) is 26.2 Å². The molecule has 2 unspecified atom stereocenters. The van der Waals surface area contributed by atoms with Gasteiger partial charge in [0.1, 0.15) is 0 Å². The van der Waals surface area contributed by atoms with Crippen molar-refractivity contribution in [1.82, 2.24) is 9.80 Å². The molecule has 1 saturated heterocycles. The van der Waals surface area contributed by atoms with Crippen molar-refractivity contribution >= 4 is 11.9 Å². The summed E-state index contributed by atoms with van der Waals surface area (Å²) in [6, 6.07) is 0.699. The van der Waals surface area contributed by atoms with Crippen molar-refractivity contribution in [3.05, 3.63) is 12.2 Å². The Morgan fingerprint density at radius 1 is 0.870 bits per heavy atom. The number of aliphatic carboxylic acids is 1. The van der Waals surface area contributed by atoms with Crippen LogP contribution in [0.5, 0.6) is 0 Å². The lowest BCUT2D eigenvalue weighted by atomic mass is 9.82. The number of hydrogen-bond donors (Lipinski definition) is 1. The number of rotatable bonds is 3. The average Bonchev–Trinajstić information content (AvgIpc) is 2.62. The minimum Gasteiger partial charge on any atom is -0.481 e. The highest BCUT2D eigenvalue weighted by Gasteiger charge is 2.37. The molecule has 1 saturated carbocycles. The summed E-state index contributed by atoms with van der Waals surface area (Å²) in [6.07, 6.45) is 11.5. The molecule has 0 spiro atoms. The average molecular weight is 320 g/mol. The van der Waals surface area contributed by atoms with Gasteiger partial charge in [-0.15, -0.1) is 0 Å². The van der Waals surface area contributed by atoms with Crippen LogP contribution in [-0.2, 0) is 9.59 Å². The molecule has 0 radical (unpaired) electrons. The second-order valence-electron chi connectivity index (χ2n) is 7.15. The van der Waals surface area contributed by atoms with Gasteiger partial charge in [-0.2, -0.15) is 0 Å². The van der Waals surface area contributed by atoms with Crippen molar-refractivity contribution in [2.45, 2.75) is 51.0 Å². The highest BCUT2D eigenvalue weighted by molar-refractivity contribution is 5.85. The lowest BCUT2D eigenvalue weighted by Gasteiger charge is -2.42. The number of carboxylic acid groups (broad SMARTS) is 1. The molecule has 0 bridgehead atoms. The number of allylic oxidation sites excluding steroid dienone is 2. The predicted molar refractivity (Wildman–Crippen MR) is 88.0 cm³/mol. The first-order chi connectivity index (χ1) is 11.2. The van der Waals surface area contributed by atoms with Gasteiger partial charge in [-0.3, -0.25) is 14.5 Å². The van der Waals surface area contributed by atoms with E-state index in [1.165, 1.54) is 32.1 Å². The predicted octanol–water partition coefficient (Wildman–Crippen LogP) is 2.13. The van der Waals surface area contributed by atoms with Gasteiger partial charge in [0.2, 0.25) is 5.91 Å². The maximum atomic E-state index is 12.8. The zero-order chi connectivity index (χ0) is 16.2. The number of amides is 1. The molecule has 1 aliphatic heterocycles. The Balaban J connectivity index is 1.55. The van der Waals surface area contributed by atoms with E-state index in [1.54, 1.807) is 0 Å². The molecule has 0 aromatic heterocycles. The lowest BCUT2D eigenvalue weighted by molar-refractivity contribution is -0.151. The third-order valence-electron chi connectivity index (χ3n) is 5.78. The fourth-order valence-electron chi connectivity index (χ4n) is 4.35. The number of piperazine rings is 1. The molecule has 2 fully saturated rings. The van der Waals surface area contributed by atoms with Gasteiger partial charge in [-0.25, -0.2) is 0 Å². The minimum atomic E-state index is -0.839. The van der Waals surface area contributed by atoms with Gasteiger partial charge in [0.25, 0.3) is 0 Å². The molecule has 1 N–H and O–H groups in total. The van der Waals surface area contributed by atoms with Crippen LogP contribution in [0.25, 0.3) is 0 Å². The third-order valence-corrected chi connectivity index (χ3v) is 5.78. The largest absolute Gasteiger partial charge is 0.481 e. The zero-order valence-electron chi connectivity index (χ0n) is 13.8. The topological polar surface area (TPSA) is 60.9 Å². The quantitative estimate of drug-likeness (QED) is 0.809. The van der Waals surface area contributed by atoms with E-state index in [-0.39, 0.29) is 11.8 Å².